The quantitative estimate of drug-likeness (QED) is 0.352. The van der Waals surface area contributed by atoms with Crippen LogP contribution in [0, 0.1) is 5.92 Å². The molecule has 0 aromatic rings. The number of fused-ring (bicyclic) bond motifs is 1. The van der Waals surface area contributed by atoms with Crippen LogP contribution in [-0.4, -0.2) is 71.4 Å². The highest BCUT2D eigenvalue weighted by atomic mass is 16.6. The highest BCUT2D eigenvalue weighted by molar-refractivity contribution is 6.38. The van der Waals surface area contributed by atoms with Gasteiger partial charge in [0.15, 0.2) is 0 Å². The van der Waals surface area contributed by atoms with Crippen molar-refractivity contribution in [3.05, 3.63) is 0 Å². The average molecular weight is 496 g/mol. The second-order valence-electron chi connectivity index (χ2n) is 10.4. The zero-order valence-corrected chi connectivity index (χ0v) is 21.7. The van der Waals surface area contributed by atoms with Crippen molar-refractivity contribution in [3.63, 3.8) is 0 Å². The Balaban J connectivity index is 2.09. The summed E-state index contributed by atoms with van der Waals surface area (Å²) < 4.78 is 10.5. The molecular weight excluding hydrogens is 454 g/mol. The van der Waals surface area contributed by atoms with E-state index in [0.717, 1.165) is 25.7 Å². The number of esters is 1. The Hall–Kier alpha value is -2.65. The molecule has 1 heterocycles. The molecule has 2 aliphatic rings. The largest absolute Gasteiger partial charge is 0.464 e. The summed E-state index contributed by atoms with van der Waals surface area (Å²) in [5, 5.41) is 4.97. The first-order valence-electron chi connectivity index (χ1n) is 12.8. The number of amides is 3. The molecule has 10 heteroatoms. The van der Waals surface area contributed by atoms with E-state index in [9.17, 15) is 24.0 Å². The number of hydrogen-bond donors (Lipinski definition) is 2. The number of hydrogen-bond acceptors (Lipinski definition) is 7. The van der Waals surface area contributed by atoms with Gasteiger partial charge in [0.25, 0.3) is 5.91 Å². The van der Waals surface area contributed by atoms with Crippen molar-refractivity contribution in [2.75, 3.05) is 13.2 Å². The molecule has 0 radical (unpaired) electrons. The fraction of sp³-hybridized carbons (Fsp3) is 0.800. The van der Waals surface area contributed by atoms with Crippen LogP contribution in [0.3, 0.4) is 0 Å². The summed E-state index contributed by atoms with van der Waals surface area (Å²) in [5.41, 5.74) is -0.706. The Morgan fingerprint density at radius 3 is 2.34 bits per heavy atom. The zero-order chi connectivity index (χ0) is 26.2. The molecular formula is C25H41N3O7. The summed E-state index contributed by atoms with van der Waals surface area (Å²) in [6.07, 6.45) is 5.18. The number of carbonyl (C=O) groups excluding carboxylic acids is 5. The van der Waals surface area contributed by atoms with E-state index in [2.05, 4.69) is 10.6 Å². The van der Waals surface area contributed by atoms with Crippen LogP contribution in [0.1, 0.15) is 86.0 Å². The summed E-state index contributed by atoms with van der Waals surface area (Å²) >= 11 is 0. The lowest BCUT2D eigenvalue weighted by molar-refractivity contribution is -0.146. The molecule has 3 amide bonds. The minimum Gasteiger partial charge on any atom is -0.464 e. The van der Waals surface area contributed by atoms with Crippen molar-refractivity contribution in [2.45, 2.75) is 110 Å². The van der Waals surface area contributed by atoms with E-state index in [1.54, 1.807) is 25.7 Å². The predicted molar refractivity (Wildman–Crippen MR) is 128 cm³/mol. The zero-order valence-electron chi connectivity index (χ0n) is 21.7. The van der Waals surface area contributed by atoms with Crippen molar-refractivity contribution in [1.29, 1.82) is 0 Å². The van der Waals surface area contributed by atoms with E-state index < -0.39 is 53.9 Å². The summed E-state index contributed by atoms with van der Waals surface area (Å²) in [5.74, 6) is -2.69. The van der Waals surface area contributed by atoms with Crippen LogP contribution in [0.4, 0.5) is 4.79 Å². The van der Waals surface area contributed by atoms with Crippen LogP contribution < -0.4 is 10.6 Å². The van der Waals surface area contributed by atoms with E-state index in [0.29, 0.717) is 19.3 Å². The van der Waals surface area contributed by atoms with E-state index in [1.165, 1.54) is 0 Å². The topological polar surface area (TPSA) is 131 Å². The lowest BCUT2D eigenvalue weighted by Gasteiger charge is -2.35. The SMILES string of the molecule is CCCOC(=O)CNC(=O)C(=O)C(CCC)NC(=O)C1CC2CCCCC2N1C(=O)OC(C)(C)C. The number of ketones is 1. The fourth-order valence-electron chi connectivity index (χ4n) is 4.76. The summed E-state index contributed by atoms with van der Waals surface area (Å²) in [6, 6.07) is -1.90. The van der Waals surface area contributed by atoms with Crippen molar-refractivity contribution < 1.29 is 33.4 Å². The van der Waals surface area contributed by atoms with Crippen LogP contribution in [-0.2, 0) is 28.7 Å². The smallest absolute Gasteiger partial charge is 0.411 e. The summed E-state index contributed by atoms with van der Waals surface area (Å²) in [6.45, 7) is 8.83. The Morgan fingerprint density at radius 2 is 1.71 bits per heavy atom. The summed E-state index contributed by atoms with van der Waals surface area (Å²) in [7, 11) is 0. The molecule has 1 saturated heterocycles. The molecule has 10 nitrogen and oxygen atoms in total. The van der Waals surface area contributed by atoms with Gasteiger partial charge in [-0.3, -0.25) is 24.1 Å². The van der Waals surface area contributed by atoms with Gasteiger partial charge in [0.05, 0.1) is 12.6 Å². The van der Waals surface area contributed by atoms with Gasteiger partial charge in [-0.1, -0.05) is 33.1 Å². The second kappa shape index (κ2) is 12.9. The Bertz CT molecular complexity index is 792. The minimum atomic E-state index is -1.05. The monoisotopic (exact) mass is 495 g/mol. The van der Waals surface area contributed by atoms with Gasteiger partial charge in [0.2, 0.25) is 11.7 Å². The fourth-order valence-corrected chi connectivity index (χ4v) is 4.76. The van der Waals surface area contributed by atoms with Gasteiger partial charge in [-0.2, -0.15) is 0 Å². The van der Waals surface area contributed by atoms with Crippen LogP contribution in [0.15, 0.2) is 0 Å². The van der Waals surface area contributed by atoms with Gasteiger partial charge in [-0.15, -0.1) is 0 Å². The van der Waals surface area contributed by atoms with Crippen LogP contribution in [0.2, 0.25) is 0 Å². The van der Waals surface area contributed by atoms with E-state index >= 15 is 0 Å². The highest BCUT2D eigenvalue weighted by Crippen LogP contribution is 2.40. The highest BCUT2D eigenvalue weighted by Gasteiger charge is 2.49. The average Bonchev–Trinajstić information content (AvgIpc) is 3.19. The number of carbonyl (C=O) groups is 5. The lowest BCUT2D eigenvalue weighted by atomic mass is 9.85. The molecule has 4 atom stereocenters. The predicted octanol–water partition coefficient (Wildman–Crippen LogP) is 2.48. The Labute approximate surface area is 207 Å². The third-order valence-corrected chi connectivity index (χ3v) is 6.29. The number of nitrogens with zero attached hydrogens (tertiary/aromatic N) is 1. The third-order valence-electron chi connectivity index (χ3n) is 6.29. The molecule has 0 aromatic carbocycles. The van der Waals surface area contributed by atoms with E-state index in [-0.39, 0.29) is 25.0 Å². The first-order valence-corrected chi connectivity index (χ1v) is 12.8. The first-order chi connectivity index (χ1) is 16.5. The molecule has 0 spiro atoms. The number of ether oxygens (including phenoxy) is 2. The molecule has 1 saturated carbocycles. The molecule has 4 unspecified atom stereocenters. The molecule has 0 aromatic heterocycles. The molecule has 2 fully saturated rings. The number of nitrogens with one attached hydrogen (secondary N) is 2. The molecule has 0 bridgehead atoms. The Kier molecular flexibility index (Phi) is 10.5. The third kappa shape index (κ3) is 8.21. The van der Waals surface area contributed by atoms with Gasteiger partial charge < -0.3 is 20.1 Å². The van der Waals surface area contributed by atoms with Gasteiger partial charge in [-0.25, -0.2) is 4.79 Å². The lowest BCUT2D eigenvalue weighted by Crippen LogP contribution is -2.55. The van der Waals surface area contributed by atoms with Crippen molar-refractivity contribution in [1.82, 2.24) is 15.5 Å². The van der Waals surface area contributed by atoms with Crippen LogP contribution in [0.25, 0.3) is 0 Å². The maximum Gasteiger partial charge on any atom is 0.411 e. The number of likely N-dealkylation sites (tertiary alicyclic amines) is 1. The van der Waals surface area contributed by atoms with Gasteiger partial charge in [0.1, 0.15) is 18.2 Å². The van der Waals surface area contributed by atoms with E-state index in [4.69, 9.17) is 9.47 Å². The first kappa shape index (κ1) is 28.6. The van der Waals surface area contributed by atoms with Crippen LogP contribution >= 0.6 is 0 Å². The van der Waals surface area contributed by atoms with Crippen LogP contribution in [0.5, 0.6) is 0 Å². The molecule has 1 aliphatic heterocycles. The van der Waals surface area contributed by atoms with Gasteiger partial charge >= 0.3 is 12.1 Å². The van der Waals surface area contributed by atoms with Crippen molar-refractivity contribution in [3.8, 4) is 0 Å². The molecule has 1 aliphatic carbocycles. The minimum absolute atomic E-state index is 0.0768. The normalized spacial score (nSPS) is 22.5. The molecule has 198 valence electrons. The molecule has 35 heavy (non-hydrogen) atoms. The van der Waals surface area contributed by atoms with Gasteiger partial charge in [0, 0.05) is 6.04 Å². The summed E-state index contributed by atoms with van der Waals surface area (Å²) in [4.78, 5) is 64.7. The molecule has 2 N–H and O–H groups in total. The maximum atomic E-state index is 13.3. The maximum absolute atomic E-state index is 13.3. The standard InChI is InChI=1S/C25H41N3O7/c1-6-10-17(21(30)23(32)26-15-20(29)34-13-7-2)27-22(31)19-14-16-11-8-9-12-18(16)28(19)24(33)35-25(3,4)5/h16-19H,6-15H2,1-5H3,(H,26,32)(H,27,31). The molecule has 2 rings (SSSR count). The second-order valence-corrected chi connectivity index (χ2v) is 10.4. The van der Waals surface area contributed by atoms with E-state index in [1.807, 2.05) is 13.8 Å². The van der Waals surface area contributed by atoms with Gasteiger partial charge in [-0.05, 0) is 58.8 Å². The number of Topliss-reactive ketones (excluding diaryl/α,β-unsaturated/α-hetero) is 1. The van der Waals surface area contributed by atoms with Crippen molar-refractivity contribution >= 4 is 29.7 Å². The Morgan fingerprint density at radius 1 is 1.03 bits per heavy atom. The van der Waals surface area contributed by atoms with Crippen molar-refractivity contribution in [2.24, 2.45) is 5.92 Å². The number of rotatable bonds is 10.